The van der Waals surface area contributed by atoms with Crippen molar-refractivity contribution in [3.63, 3.8) is 0 Å². The summed E-state index contributed by atoms with van der Waals surface area (Å²) >= 11 is 6.16. The molecule has 1 N–H and O–H groups in total. The van der Waals surface area contributed by atoms with E-state index >= 15 is 0 Å². The molecule has 0 aromatic heterocycles. The lowest BCUT2D eigenvalue weighted by Gasteiger charge is -2.29. The summed E-state index contributed by atoms with van der Waals surface area (Å²) in [7, 11) is -3.69. The van der Waals surface area contributed by atoms with Crippen LogP contribution < -0.4 is 9.62 Å². The van der Waals surface area contributed by atoms with Crippen LogP contribution in [0.3, 0.4) is 0 Å². The summed E-state index contributed by atoms with van der Waals surface area (Å²) in [4.78, 5) is 12.9. The van der Waals surface area contributed by atoms with Crippen molar-refractivity contribution < 1.29 is 13.2 Å². The number of hydrogen-bond donors (Lipinski definition) is 1. The van der Waals surface area contributed by atoms with Crippen LogP contribution >= 0.6 is 11.6 Å². The topological polar surface area (TPSA) is 66.5 Å². The van der Waals surface area contributed by atoms with Gasteiger partial charge in [0.15, 0.2) is 0 Å². The van der Waals surface area contributed by atoms with Crippen molar-refractivity contribution in [3.8, 4) is 0 Å². The van der Waals surface area contributed by atoms with Gasteiger partial charge in [-0.25, -0.2) is 8.42 Å². The van der Waals surface area contributed by atoms with Crippen molar-refractivity contribution in [3.05, 3.63) is 63.7 Å². The number of aryl methyl sites for hydroxylation is 3. The summed E-state index contributed by atoms with van der Waals surface area (Å²) < 4.78 is 25.9. The second-order valence-electron chi connectivity index (χ2n) is 7.26. The second kappa shape index (κ2) is 8.53. The lowest BCUT2D eigenvalue weighted by Crippen LogP contribution is -2.48. The van der Waals surface area contributed by atoms with E-state index in [1.807, 2.05) is 39.8 Å². The van der Waals surface area contributed by atoms with Gasteiger partial charge in [0, 0.05) is 5.02 Å². The first-order valence-corrected chi connectivity index (χ1v) is 11.3. The maximum absolute atomic E-state index is 12.9. The van der Waals surface area contributed by atoms with Gasteiger partial charge in [0.2, 0.25) is 15.9 Å². The van der Waals surface area contributed by atoms with Crippen LogP contribution in [0.25, 0.3) is 0 Å². The Hall–Kier alpha value is -2.05. The molecule has 0 aliphatic heterocycles. The lowest BCUT2D eigenvalue weighted by atomic mass is 10.00. The van der Waals surface area contributed by atoms with Crippen molar-refractivity contribution in [2.75, 3.05) is 10.6 Å². The van der Waals surface area contributed by atoms with Crippen LogP contribution in [0.15, 0.2) is 36.4 Å². The van der Waals surface area contributed by atoms with E-state index in [-0.39, 0.29) is 11.9 Å². The highest BCUT2D eigenvalue weighted by Crippen LogP contribution is 2.27. The summed E-state index contributed by atoms with van der Waals surface area (Å²) in [6.45, 7) is 9.29. The standard InChI is InChI=1S/C21H27ClN2O3S/c1-13-7-10-19(15(3)11-13)16(4)23-21(25)17(5)24(28(6,26)27)18-9-8-14(2)20(22)12-18/h7-12,16-17H,1-6H3,(H,23,25). The second-order valence-corrected chi connectivity index (χ2v) is 9.53. The van der Waals surface area contributed by atoms with Crippen molar-refractivity contribution in [2.24, 2.45) is 0 Å². The average Bonchev–Trinajstić information content (AvgIpc) is 2.56. The van der Waals surface area contributed by atoms with E-state index in [0.717, 1.165) is 32.8 Å². The summed E-state index contributed by atoms with van der Waals surface area (Å²) in [6, 6.07) is 9.80. The van der Waals surface area contributed by atoms with Gasteiger partial charge in [-0.1, -0.05) is 41.4 Å². The molecule has 1 amide bonds. The lowest BCUT2D eigenvalue weighted by molar-refractivity contribution is -0.122. The van der Waals surface area contributed by atoms with E-state index in [2.05, 4.69) is 11.4 Å². The van der Waals surface area contributed by atoms with E-state index in [0.29, 0.717) is 10.7 Å². The summed E-state index contributed by atoms with van der Waals surface area (Å²) in [5.41, 5.74) is 4.41. The number of sulfonamides is 1. The molecule has 0 fully saturated rings. The molecular weight excluding hydrogens is 396 g/mol. The Labute approximate surface area is 172 Å². The van der Waals surface area contributed by atoms with Gasteiger partial charge < -0.3 is 5.32 Å². The fourth-order valence-corrected chi connectivity index (χ4v) is 4.59. The molecule has 0 heterocycles. The molecule has 2 aromatic carbocycles. The third-order valence-electron chi connectivity index (χ3n) is 4.75. The van der Waals surface area contributed by atoms with Gasteiger partial charge >= 0.3 is 0 Å². The van der Waals surface area contributed by atoms with Gasteiger partial charge in [0.25, 0.3) is 0 Å². The number of amides is 1. The summed E-state index contributed by atoms with van der Waals surface area (Å²) in [5, 5.41) is 3.37. The van der Waals surface area contributed by atoms with E-state index < -0.39 is 16.1 Å². The number of hydrogen-bond acceptors (Lipinski definition) is 3. The largest absolute Gasteiger partial charge is 0.348 e. The maximum atomic E-state index is 12.9. The highest BCUT2D eigenvalue weighted by molar-refractivity contribution is 7.92. The van der Waals surface area contributed by atoms with Crippen LogP contribution in [0.5, 0.6) is 0 Å². The third kappa shape index (κ3) is 5.06. The normalized spacial score (nSPS) is 13.7. The van der Waals surface area contributed by atoms with Gasteiger partial charge in [0.1, 0.15) is 6.04 Å². The molecule has 0 saturated carbocycles. The minimum absolute atomic E-state index is 0.251. The monoisotopic (exact) mass is 422 g/mol. The molecule has 0 aliphatic rings. The number of nitrogens with one attached hydrogen (secondary N) is 1. The smallest absolute Gasteiger partial charge is 0.244 e. The zero-order valence-corrected chi connectivity index (χ0v) is 18.6. The molecule has 2 aromatic rings. The SMILES string of the molecule is Cc1ccc(C(C)NC(=O)C(C)N(c2ccc(C)c(Cl)c2)S(C)(=O)=O)c(C)c1. The molecule has 0 radical (unpaired) electrons. The Morgan fingerprint density at radius 2 is 1.68 bits per heavy atom. The predicted octanol–water partition coefficient (Wildman–Crippen LogP) is 4.30. The molecule has 0 saturated heterocycles. The van der Waals surface area contributed by atoms with E-state index in [1.165, 1.54) is 0 Å². The molecular formula is C21H27ClN2O3S. The number of anilines is 1. The molecule has 2 unspecified atom stereocenters. The maximum Gasteiger partial charge on any atom is 0.244 e. The van der Waals surface area contributed by atoms with E-state index in [1.54, 1.807) is 25.1 Å². The minimum Gasteiger partial charge on any atom is -0.348 e. The number of nitrogens with zero attached hydrogens (tertiary/aromatic N) is 1. The van der Waals surface area contributed by atoms with Crippen LogP contribution in [-0.2, 0) is 14.8 Å². The highest BCUT2D eigenvalue weighted by atomic mass is 35.5. The number of carbonyl (C=O) groups excluding carboxylic acids is 1. The van der Waals surface area contributed by atoms with Crippen molar-refractivity contribution in [1.82, 2.24) is 5.32 Å². The molecule has 28 heavy (non-hydrogen) atoms. The summed E-state index contributed by atoms with van der Waals surface area (Å²) in [6.07, 6.45) is 1.08. The molecule has 0 bridgehead atoms. The van der Waals surface area contributed by atoms with Gasteiger partial charge in [-0.05, 0) is 63.4 Å². The zero-order chi connectivity index (χ0) is 21.2. The molecule has 2 rings (SSSR count). The van der Waals surface area contributed by atoms with Gasteiger partial charge in [-0.15, -0.1) is 0 Å². The number of benzene rings is 2. The van der Waals surface area contributed by atoms with Crippen LogP contribution in [0.1, 0.15) is 42.1 Å². The number of carbonyl (C=O) groups is 1. The first-order chi connectivity index (χ1) is 12.9. The van der Waals surface area contributed by atoms with Crippen molar-refractivity contribution in [1.29, 1.82) is 0 Å². The fourth-order valence-electron chi connectivity index (χ4n) is 3.25. The number of rotatable bonds is 6. The molecule has 152 valence electrons. The minimum atomic E-state index is -3.69. The first kappa shape index (κ1) is 22.2. The van der Waals surface area contributed by atoms with Crippen molar-refractivity contribution >= 4 is 33.2 Å². The Morgan fingerprint density at radius 3 is 2.21 bits per heavy atom. The molecule has 2 atom stereocenters. The Kier molecular flexibility index (Phi) is 6.78. The van der Waals surface area contributed by atoms with Crippen molar-refractivity contribution in [2.45, 2.75) is 46.7 Å². The van der Waals surface area contributed by atoms with Crippen LogP contribution in [-0.4, -0.2) is 26.6 Å². The molecule has 7 heteroatoms. The molecule has 0 aliphatic carbocycles. The van der Waals surface area contributed by atoms with Crippen LogP contribution in [0, 0.1) is 20.8 Å². The first-order valence-electron chi connectivity index (χ1n) is 9.05. The fraction of sp³-hybridized carbons (Fsp3) is 0.381. The quantitative estimate of drug-likeness (QED) is 0.754. The third-order valence-corrected chi connectivity index (χ3v) is 6.40. The predicted molar refractivity (Wildman–Crippen MR) is 115 cm³/mol. The Morgan fingerprint density at radius 1 is 1.04 bits per heavy atom. The number of halogens is 1. The Bertz CT molecular complexity index is 989. The molecule has 5 nitrogen and oxygen atoms in total. The summed E-state index contributed by atoms with van der Waals surface area (Å²) in [5.74, 6) is -0.380. The van der Waals surface area contributed by atoms with E-state index in [4.69, 9.17) is 11.6 Å². The Balaban J connectivity index is 2.29. The van der Waals surface area contributed by atoms with Gasteiger partial charge in [-0.2, -0.15) is 0 Å². The van der Waals surface area contributed by atoms with Crippen LogP contribution in [0.2, 0.25) is 5.02 Å². The van der Waals surface area contributed by atoms with Gasteiger partial charge in [-0.3, -0.25) is 9.10 Å². The average molecular weight is 423 g/mol. The van der Waals surface area contributed by atoms with E-state index in [9.17, 15) is 13.2 Å². The molecule has 0 spiro atoms. The van der Waals surface area contributed by atoms with Gasteiger partial charge in [0.05, 0.1) is 18.0 Å². The van der Waals surface area contributed by atoms with Crippen LogP contribution in [0.4, 0.5) is 5.69 Å². The highest BCUT2D eigenvalue weighted by Gasteiger charge is 2.30. The zero-order valence-electron chi connectivity index (χ0n) is 17.1.